The van der Waals surface area contributed by atoms with Crippen molar-refractivity contribution in [3.8, 4) is 0 Å². The summed E-state index contributed by atoms with van der Waals surface area (Å²) in [7, 11) is 1.75. The first-order valence-electron chi connectivity index (χ1n) is 9.94. The Kier molecular flexibility index (Phi) is 4.24. The fourth-order valence-electron chi connectivity index (χ4n) is 4.64. The van der Waals surface area contributed by atoms with E-state index in [2.05, 4.69) is 0 Å². The summed E-state index contributed by atoms with van der Waals surface area (Å²) >= 11 is 0. The molecule has 0 saturated carbocycles. The van der Waals surface area contributed by atoms with Gasteiger partial charge in [0.05, 0.1) is 17.0 Å². The second-order valence-corrected chi connectivity index (χ2v) is 7.72. The van der Waals surface area contributed by atoms with Crippen molar-refractivity contribution in [1.29, 1.82) is 0 Å². The van der Waals surface area contributed by atoms with Crippen LogP contribution in [0.1, 0.15) is 37.8 Å². The molecule has 0 aromatic heterocycles. The van der Waals surface area contributed by atoms with Gasteiger partial charge in [0.25, 0.3) is 11.8 Å². The number of anilines is 1. The zero-order chi connectivity index (χ0) is 20.8. The van der Waals surface area contributed by atoms with E-state index in [1.165, 1.54) is 4.90 Å². The normalized spacial score (nSPS) is 20.4. The Morgan fingerprint density at radius 1 is 0.733 bits per heavy atom. The summed E-state index contributed by atoms with van der Waals surface area (Å²) in [5.41, 5.74) is 3.67. The minimum atomic E-state index is -0.561. The van der Waals surface area contributed by atoms with Crippen LogP contribution in [0.25, 0.3) is 0 Å². The summed E-state index contributed by atoms with van der Waals surface area (Å²) in [5.74, 6) is -1.57. The van der Waals surface area contributed by atoms with Crippen molar-refractivity contribution in [2.75, 3.05) is 18.5 Å². The average molecular weight is 396 g/mol. The molecule has 0 unspecified atom stereocenters. The number of amides is 3. The second-order valence-electron chi connectivity index (χ2n) is 7.72. The van der Waals surface area contributed by atoms with Gasteiger partial charge < -0.3 is 4.90 Å². The largest absolute Gasteiger partial charge is 0.315 e. The van der Waals surface area contributed by atoms with Gasteiger partial charge in [-0.2, -0.15) is 0 Å². The van der Waals surface area contributed by atoms with Crippen LogP contribution in [0.2, 0.25) is 0 Å². The number of nitrogens with zero attached hydrogens (tertiary/aromatic N) is 2. The monoisotopic (exact) mass is 396 g/mol. The summed E-state index contributed by atoms with van der Waals surface area (Å²) < 4.78 is 0. The van der Waals surface area contributed by atoms with E-state index in [0.29, 0.717) is 11.1 Å². The van der Waals surface area contributed by atoms with Gasteiger partial charge in [0, 0.05) is 25.2 Å². The molecular formula is C25H20N2O3. The number of rotatable bonds is 3. The van der Waals surface area contributed by atoms with Gasteiger partial charge in [-0.25, -0.2) is 0 Å². The van der Waals surface area contributed by atoms with Crippen LogP contribution in [-0.4, -0.2) is 36.2 Å². The number of hydrogen-bond donors (Lipinski definition) is 0. The molecule has 3 amide bonds. The highest BCUT2D eigenvalue weighted by molar-refractivity contribution is 6.21. The Morgan fingerprint density at radius 2 is 1.30 bits per heavy atom. The number of hydrogen-bond acceptors (Lipinski definition) is 3. The summed E-state index contributed by atoms with van der Waals surface area (Å²) in [6, 6.07) is 24.4. The standard InChI is InChI=1S/C25H20N2O3/c1-26-21-14-8-7-13-19(21)22(16-9-3-2-4-10-16)20(23(26)28)15-27-24(29)17-11-5-6-12-18(17)25(27)30/h2-14,20,22H,15H2,1H3/t20-,22+/m1/s1. The van der Waals surface area contributed by atoms with Gasteiger partial charge in [0.2, 0.25) is 5.91 Å². The molecule has 3 aromatic rings. The average Bonchev–Trinajstić information content (AvgIpc) is 3.03. The second kappa shape index (κ2) is 6.95. The third-order valence-corrected chi connectivity index (χ3v) is 6.10. The van der Waals surface area contributed by atoms with E-state index in [0.717, 1.165) is 16.8 Å². The molecule has 3 aromatic carbocycles. The van der Waals surface area contributed by atoms with Crippen LogP contribution < -0.4 is 4.90 Å². The lowest BCUT2D eigenvalue weighted by molar-refractivity contribution is -0.123. The molecule has 0 saturated heterocycles. The molecule has 0 aliphatic carbocycles. The summed E-state index contributed by atoms with van der Waals surface area (Å²) in [6.45, 7) is 0.0451. The van der Waals surface area contributed by atoms with Crippen molar-refractivity contribution in [2.24, 2.45) is 5.92 Å². The predicted octanol–water partition coefficient (Wildman–Crippen LogP) is 3.71. The SMILES string of the molecule is CN1C(=O)[C@H](CN2C(=O)c3ccccc3C2=O)[C@@H](c2ccccc2)c2ccccc21. The van der Waals surface area contributed by atoms with Crippen LogP contribution in [0.4, 0.5) is 5.69 Å². The lowest BCUT2D eigenvalue weighted by atomic mass is 9.76. The van der Waals surface area contributed by atoms with Crippen molar-refractivity contribution in [1.82, 2.24) is 4.90 Å². The van der Waals surface area contributed by atoms with Crippen LogP contribution >= 0.6 is 0 Å². The van der Waals surface area contributed by atoms with Crippen molar-refractivity contribution < 1.29 is 14.4 Å². The Balaban J connectivity index is 1.59. The van der Waals surface area contributed by atoms with E-state index in [-0.39, 0.29) is 30.2 Å². The lowest BCUT2D eigenvalue weighted by Gasteiger charge is -2.39. The number of para-hydroxylation sites is 1. The van der Waals surface area contributed by atoms with Crippen LogP contribution in [0, 0.1) is 5.92 Å². The summed E-state index contributed by atoms with van der Waals surface area (Å²) in [6.07, 6.45) is 0. The Bertz CT molecular complexity index is 1140. The van der Waals surface area contributed by atoms with Crippen molar-refractivity contribution in [2.45, 2.75) is 5.92 Å². The van der Waals surface area contributed by atoms with Gasteiger partial charge in [-0.1, -0.05) is 60.7 Å². The van der Waals surface area contributed by atoms with Crippen LogP contribution in [0.15, 0.2) is 78.9 Å². The molecule has 0 radical (unpaired) electrons. The maximum Gasteiger partial charge on any atom is 0.261 e. The molecule has 2 aliphatic heterocycles. The fourth-order valence-corrected chi connectivity index (χ4v) is 4.64. The van der Waals surface area contributed by atoms with Gasteiger partial charge in [0.1, 0.15) is 0 Å². The predicted molar refractivity (Wildman–Crippen MR) is 113 cm³/mol. The van der Waals surface area contributed by atoms with Gasteiger partial charge in [0.15, 0.2) is 0 Å². The Morgan fingerprint density at radius 3 is 1.97 bits per heavy atom. The van der Waals surface area contributed by atoms with E-state index in [9.17, 15) is 14.4 Å². The van der Waals surface area contributed by atoms with Gasteiger partial charge >= 0.3 is 0 Å². The van der Waals surface area contributed by atoms with E-state index in [4.69, 9.17) is 0 Å². The molecule has 5 heteroatoms. The zero-order valence-electron chi connectivity index (χ0n) is 16.5. The first kappa shape index (κ1) is 18.3. The Hall–Kier alpha value is -3.73. The van der Waals surface area contributed by atoms with Gasteiger partial charge in [-0.15, -0.1) is 0 Å². The molecule has 5 rings (SSSR count). The molecule has 2 aliphatic rings. The third-order valence-electron chi connectivity index (χ3n) is 6.10. The number of benzene rings is 3. The minimum Gasteiger partial charge on any atom is -0.315 e. The minimum absolute atomic E-state index is 0.0451. The lowest BCUT2D eigenvalue weighted by Crippen LogP contribution is -2.47. The van der Waals surface area contributed by atoms with Crippen molar-refractivity contribution in [3.63, 3.8) is 0 Å². The number of imide groups is 1. The molecule has 5 nitrogen and oxygen atoms in total. The summed E-state index contributed by atoms with van der Waals surface area (Å²) in [5, 5.41) is 0. The molecule has 30 heavy (non-hydrogen) atoms. The highest BCUT2D eigenvalue weighted by Gasteiger charge is 2.44. The van der Waals surface area contributed by atoms with Gasteiger partial charge in [-0.05, 0) is 29.3 Å². The van der Waals surface area contributed by atoms with E-state index >= 15 is 0 Å². The quantitative estimate of drug-likeness (QED) is 0.634. The highest BCUT2D eigenvalue weighted by Crippen LogP contribution is 2.43. The van der Waals surface area contributed by atoms with Crippen molar-refractivity contribution >= 4 is 23.4 Å². The zero-order valence-corrected chi connectivity index (χ0v) is 16.5. The molecule has 0 spiro atoms. The molecule has 0 N–H and O–H groups in total. The highest BCUT2D eigenvalue weighted by atomic mass is 16.2. The first-order valence-corrected chi connectivity index (χ1v) is 9.94. The Labute approximate surface area is 174 Å². The van der Waals surface area contributed by atoms with Gasteiger partial charge in [-0.3, -0.25) is 19.3 Å². The van der Waals surface area contributed by atoms with Crippen LogP contribution in [-0.2, 0) is 4.79 Å². The molecule has 0 fully saturated rings. The smallest absolute Gasteiger partial charge is 0.261 e. The van der Waals surface area contributed by atoms with E-state index in [1.807, 2.05) is 54.6 Å². The van der Waals surface area contributed by atoms with Crippen molar-refractivity contribution in [3.05, 3.63) is 101 Å². The summed E-state index contributed by atoms with van der Waals surface area (Å²) in [4.78, 5) is 42.2. The molecule has 2 heterocycles. The molecular weight excluding hydrogens is 376 g/mol. The third kappa shape index (κ3) is 2.66. The van der Waals surface area contributed by atoms with Crippen LogP contribution in [0.3, 0.4) is 0 Å². The van der Waals surface area contributed by atoms with Crippen LogP contribution in [0.5, 0.6) is 0 Å². The topological polar surface area (TPSA) is 57.7 Å². The molecule has 2 atom stereocenters. The fraction of sp³-hybridized carbons (Fsp3) is 0.160. The molecule has 0 bridgehead atoms. The first-order chi connectivity index (χ1) is 14.6. The maximum absolute atomic E-state index is 13.4. The van der Waals surface area contributed by atoms with E-state index < -0.39 is 5.92 Å². The number of fused-ring (bicyclic) bond motifs is 2. The maximum atomic E-state index is 13.4. The number of carbonyl (C=O) groups excluding carboxylic acids is 3. The number of carbonyl (C=O) groups is 3. The molecule has 148 valence electrons. The van der Waals surface area contributed by atoms with E-state index in [1.54, 1.807) is 36.2 Å².